The number of nitrogens with two attached hydrogens (primary N) is 1. The number of carbonyl (C=O) groups excluding carboxylic acids is 1. The Hall–Kier alpha value is -4.14. The van der Waals surface area contributed by atoms with Crippen LogP contribution in [-0.4, -0.2) is 72.1 Å². The molecule has 2 aromatic rings. The van der Waals surface area contributed by atoms with Crippen LogP contribution in [0.1, 0.15) is 23.4 Å². The van der Waals surface area contributed by atoms with Gasteiger partial charge in [0, 0.05) is 43.2 Å². The van der Waals surface area contributed by atoms with Crippen LogP contribution in [-0.2, 0) is 28.8 Å². The van der Waals surface area contributed by atoms with E-state index < -0.39 is 17.9 Å². The van der Waals surface area contributed by atoms with Crippen molar-refractivity contribution in [3.05, 3.63) is 69.6 Å². The first kappa shape index (κ1) is 28.4. The number of pyridine rings is 1. The molecule has 218 valence electrons. The van der Waals surface area contributed by atoms with Crippen LogP contribution >= 0.6 is 0 Å². The van der Waals surface area contributed by atoms with Gasteiger partial charge in [0.1, 0.15) is 18.6 Å². The van der Waals surface area contributed by atoms with Gasteiger partial charge < -0.3 is 20.5 Å². The number of hydrogen-bond donors (Lipinski definition) is 4. The normalized spacial score (nSPS) is 18.8. The largest absolute Gasteiger partial charge is 0.433 e. The van der Waals surface area contributed by atoms with Gasteiger partial charge in [0.25, 0.3) is 6.34 Å². The molecule has 0 spiro atoms. The summed E-state index contributed by atoms with van der Waals surface area (Å²) in [6.07, 6.45) is 3.13. The minimum Gasteiger partial charge on any atom is -0.380 e. The van der Waals surface area contributed by atoms with Crippen LogP contribution in [0.25, 0.3) is 11.4 Å². The van der Waals surface area contributed by atoms with Crippen molar-refractivity contribution in [3.63, 3.8) is 0 Å². The van der Waals surface area contributed by atoms with Crippen molar-refractivity contribution in [1.29, 1.82) is 0 Å². The Morgan fingerprint density at radius 3 is 2.71 bits per heavy atom. The Morgan fingerprint density at radius 1 is 1.24 bits per heavy atom. The maximum Gasteiger partial charge on any atom is 0.433 e. The number of anilines is 1. The number of aromatic nitrogens is 2. The van der Waals surface area contributed by atoms with Crippen molar-refractivity contribution in [2.45, 2.75) is 25.7 Å². The number of morpholine rings is 1. The summed E-state index contributed by atoms with van der Waals surface area (Å²) in [7, 11) is 3.59. The summed E-state index contributed by atoms with van der Waals surface area (Å²) in [6, 6.07) is 2.61. The molecule has 1 fully saturated rings. The molecule has 2 aliphatic heterocycles. The Morgan fingerprint density at radius 2 is 2.02 bits per heavy atom. The van der Waals surface area contributed by atoms with Gasteiger partial charge in [-0.15, -0.1) is 0 Å². The van der Waals surface area contributed by atoms with Gasteiger partial charge in [-0.3, -0.25) is 10.2 Å². The lowest BCUT2D eigenvalue weighted by atomic mass is 10.0. The molecule has 2 aromatic heterocycles. The van der Waals surface area contributed by atoms with Gasteiger partial charge in [0.15, 0.2) is 5.35 Å². The zero-order valence-corrected chi connectivity index (χ0v) is 22.7. The first-order valence-electron chi connectivity index (χ1n) is 13.0. The number of halogens is 3. The molecule has 4 heterocycles. The Balaban J connectivity index is 1.44. The summed E-state index contributed by atoms with van der Waals surface area (Å²) in [6.45, 7) is 4.04. The van der Waals surface area contributed by atoms with Crippen LogP contribution in [0.3, 0.4) is 0 Å². The van der Waals surface area contributed by atoms with Gasteiger partial charge in [-0.25, -0.2) is 15.1 Å². The highest BCUT2D eigenvalue weighted by Crippen LogP contribution is 2.28. The summed E-state index contributed by atoms with van der Waals surface area (Å²) < 4.78 is 54.1. The van der Waals surface area contributed by atoms with E-state index in [1.54, 1.807) is 19.5 Å². The lowest BCUT2D eigenvalue weighted by Gasteiger charge is -2.27. The van der Waals surface area contributed by atoms with Crippen LogP contribution in [0.4, 0.5) is 23.8 Å². The smallest absolute Gasteiger partial charge is 0.380 e. The molecule has 3 aliphatic rings. The highest BCUT2D eigenvalue weighted by Gasteiger charge is 2.32. The van der Waals surface area contributed by atoms with Crippen LogP contribution in [0, 0.1) is 0 Å². The predicted octanol–water partition coefficient (Wildman–Crippen LogP) is 0.758. The molecular weight excluding hydrogens is 541 g/mol. The van der Waals surface area contributed by atoms with Crippen LogP contribution in [0.5, 0.6) is 0 Å². The maximum atomic E-state index is 13.0. The summed E-state index contributed by atoms with van der Waals surface area (Å²) in [4.78, 5) is 18.3. The van der Waals surface area contributed by atoms with Gasteiger partial charge in [0.05, 0.1) is 25.5 Å². The van der Waals surface area contributed by atoms with Gasteiger partial charge in [-0.05, 0) is 30.2 Å². The zero-order chi connectivity index (χ0) is 29.1. The second kappa shape index (κ2) is 11.8. The molecule has 0 unspecified atom stereocenters. The SMILES string of the molecule is COCc1c(CN2CCOCC2)n2c(c1=C1C=CC(NC(=O)Nc3cccc(C(F)(F)F)n3)=CC1)=C(N)NC=[N+]2C. The number of hydrogen-bond acceptors (Lipinski definition) is 7. The first-order chi connectivity index (χ1) is 19.7. The summed E-state index contributed by atoms with van der Waals surface area (Å²) in [5, 5.41) is 9.91. The van der Waals surface area contributed by atoms with Crippen molar-refractivity contribution >= 4 is 29.6 Å². The second-order valence-corrected chi connectivity index (χ2v) is 9.75. The van der Waals surface area contributed by atoms with Crippen molar-refractivity contribution in [1.82, 2.24) is 25.2 Å². The minimum absolute atomic E-state index is 0.207. The molecule has 41 heavy (non-hydrogen) atoms. The molecule has 0 saturated carbocycles. The van der Waals surface area contributed by atoms with E-state index in [0.29, 0.717) is 44.3 Å². The molecule has 5 N–H and O–H groups in total. The number of urea groups is 1. The minimum atomic E-state index is -4.61. The fourth-order valence-electron chi connectivity index (χ4n) is 5.09. The summed E-state index contributed by atoms with van der Waals surface area (Å²) in [5.41, 5.74) is 8.94. The van der Waals surface area contributed by atoms with Gasteiger partial charge >= 0.3 is 12.2 Å². The molecule has 2 amide bonds. The number of alkyl halides is 3. The van der Waals surface area contributed by atoms with E-state index in [-0.39, 0.29) is 5.82 Å². The molecule has 11 nitrogen and oxygen atoms in total. The Kier molecular flexibility index (Phi) is 8.15. The number of nitrogens with one attached hydrogen (secondary N) is 3. The van der Waals surface area contributed by atoms with E-state index in [2.05, 4.69) is 30.5 Å². The average molecular weight is 574 g/mol. The van der Waals surface area contributed by atoms with Gasteiger partial charge in [0.2, 0.25) is 5.82 Å². The topological polar surface area (TPSA) is 122 Å². The number of nitrogens with zero attached hydrogens (tertiary/aromatic N) is 4. The van der Waals surface area contributed by atoms with E-state index in [0.717, 1.165) is 46.6 Å². The van der Waals surface area contributed by atoms with E-state index in [9.17, 15) is 18.0 Å². The molecule has 0 bridgehead atoms. The number of amides is 2. The highest BCUT2D eigenvalue weighted by molar-refractivity contribution is 5.90. The third-order valence-corrected chi connectivity index (χ3v) is 6.96. The van der Waals surface area contributed by atoms with Crippen molar-refractivity contribution in [3.8, 4) is 0 Å². The van der Waals surface area contributed by atoms with Gasteiger partial charge in [-0.2, -0.15) is 22.5 Å². The number of fused-ring (bicyclic) bond motifs is 1. The molecule has 0 atom stereocenters. The number of allylic oxidation sites excluding steroid dienone is 3. The van der Waals surface area contributed by atoms with E-state index in [1.165, 1.54) is 12.1 Å². The molecule has 1 aliphatic carbocycles. The first-order valence-corrected chi connectivity index (χ1v) is 13.0. The molecule has 14 heteroatoms. The lowest BCUT2D eigenvalue weighted by Crippen LogP contribution is -2.49. The molecule has 0 radical (unpaired) electrons. The summed E-state index contributed by atoms with van der Waals surface area (Å²) >= 11 is 0. The fourth-order valence-corrected chi connectivity index (χ4v) is 5.09. The van der Waals surface area contributed by atoms with Crippen molar-refractivity contribution in [2.75, 3.05) is 45.8 Å². The molecular formula is C27H32F3N8O3+. The Labute approximate surface area is 234 Å². The van der Waals surface area contributed by atoms with Crippen LogP contribution in [0.2, 0.25) is 0 Å². The predicted molar refractivity (Wildman–Crippen MR) is 146 cm³/mol. The van der Waals surface area contributed by atoms with Crippen LogP contribution < -0.4 is 32.3 Å². The quantitative estimate of drug-likeness (QED) is 0.377. The number of carbonyl (C=O) groups is 1. The standard InChI is InChI=1S/C27H31F3N8O3/c1-36-16-32-25(31)24-23(19(15-40-2)20(38(24)36)14-37-10-12-41-13-11-37)17-6-8-18(9-7-17)33-26(39)35-22-5-3-4-21(34-22)27(28,29)30/h3-6,8-9,16H,7,10-15,31H2,1-2H3,(H2,33,34,35,39)/p+1. The molecule has 1 saturated heterocycles. The number of rotatable bonds is 6. The van der Waals surface area contributed by atoms with Gasteiger partial charge in [-0.1, -0.05) is 18.2 Å². The third kappa shape index (κ3) is 6.14. The molecule has 0 aromatic carbocycles. The molecule has 5 rings (SSSR count). The van der Waals surface area contributed by atoms with E-state index >= 15 is 0 Å². The second-order valence-electron chi connectivity index (χ2n) is 9.75. The third-order valence-electron chi connectivity index (χ3n) is 6.96. The monoisotopic (exact) mass is 573 g/mol. The van der Waals surface area contributed by atoms with Crippen molar-refractivity contribution < 1.29 is 32.1 Å². The average Bonchev–Trinajstić information content (AvgIpc) is 3.26. The van der Waals surface area contributed by atoms with E-state index in [4.69, 9.17) is 15.2 Å². The number of methoxy groups -OCH3 is 1. The van der Waals surface area contributed by atoms with Crippen molar-refractivity contribution in [2.24, 2.45) is 5.73 Å². The summed E-state index contributed by atoms with van der Waals surface area (Å²) in [5.74, 6) is 0.298. The highest BCUT2D eigenvalue weighted by atomic mass is 19.4. The zero-order valence-electron chi connectivity index (χ0n) is 22.7. The number of ether oxygens (including phenoxy) is 2. The fraction of sp³-hybridized carbons (Fsp3) is 0.370. The lowest BCUT2D eigenvalue weighted by molar-refractivity contribution is -0.560. The Bertz CT molecular complexity index is 1550. The van der Waals surface area contributed by atoms with Crippen LogP contribution in [0.15, 0.2) is 42.1 Å². The maximum absolute atomic E-state index is 13.0. The van der Waals surface area contributed by atoms with E-state index in [1.807, 2.05) is 23.9 Å².